The highest BCUT2D eigenvalue weighted by Crippen LogP contribution is 2.30. The lowest BCUT2D eigenvalue weighted by atomic mass is 10.0. The van der Waals surface area contributed by atoms with Crippen LogP contribution >= 0.6 is 0 Å². The summed E-state index contributed by atoms with van der Waals surface area (Å²) in [4.78, 5) is 22.0. The van der Waals surface area contributed by atoms with E-state index >= 15 is 0 Å². The number of aliphatic hydroxyl groups excluding tert-OH is 1. The molecular weight excluding hydrogens is 508 g/mol. The molecule has 1 atom stereocenters. The molecule has 10 heteroatoms. The van der Waals surface area contributed by atoms with Crippen LogP contribution in [0, 0.1) is 11.6 Å². The molecule has 0 spiro atoms. The lowest BCUT2D eigenvalue weighted by molar-refractivity contribution is -0.00909. The second-order valence-electron chi connectivity index (χ2n) is 9.03. The monoisotopic (exact) mass is 539 g/mol. The number of fused-ring (bicyclic) bond motifs is 1. The summed E-state index contributed by atoms with van der Waals surface area (Å²) in [5, 5.41) is 11.2. The van der Waals surface area contributed by atoms with Crippen LogP contribution in [0.25, 0.3) is 10.9 Å². The van der Waals surface area contributed by atoms with Gasteiger partial charge in [-0.05, 0) is 48.0 Å². The summed E-state index contributed by atoms with van der Waals surface area (Å²) >= 11 is 0. The van der Waals surface area contributed by atoms with Crippen molar-refractivity contribution in [3.63, 3.8) is 0 Å². The number of aliphatic hydroxyl groups is 1. The summed E-state index contributed by atoms with van der Waals surface area (Å²) in [7, 11) is 3.01. The number of methoxy groups -OCH3 is 2. The van der Waals surface area contributed by atoms with E-state index in [1.807, 2.05) is 11.8 Å². The Labute approximate surface area is 224 Å². The number of nitrogens with one attached hydrogen (secondary N) is 1. The Kier molecular flexibility index (Phi) is 9.23. The Balaban J connectivity index is 1.46. The summed E-state index contributed by atoms with van der Waals surface area (Å²) in [5.74, 6) is 0.570. The Morgan fingerprint density at radius 1 is 0.949 bits per heavy atom. The normalized spacial score (nSPS) is 12.3. The third-order valence-electron chi connectivity index (χ3n) is 6.35. The van der Waals surface area contributed by atoms with Crippen LogP contribution in [-0.4, -0.2) is 60.0 Å². The Hall–Kier alpha value is -3.86. The molecule has 1 aromatic heterocycles. The first-order valence-electron chi connectivity index (χ1n) is 12.5. The summed E-state index contributed by atoms with van der Waals surface area (Å²) in [5.41, 5.74) is 1.50. The maximum absolute atomic E-state index is 13.5. The molecule has 0 unspecified atom stereocenters. The van der Waals surface area contributed by atoms with Crippen LogP contribution in [-0.2, 0) is 11.3 Å². The van der Waals surface area contributed by atoms with Gasteiger partial charge in [0.25, 0.3) is 5.56 Å². The molecule has 0 aliphatic rings. The van der Waals surface area contributed by atoms with Gasteiger partial charge in [0.2, 0.25) is 0 Å². The molecule has 4 aromatic rings. The van der Waals surface area contributed by atoms with Gasteiger partial charge in [0.1, 0.15) is 23.6 Å². The number of aromatic amines is 1. The number of halogens is 2. The molecule has 0 aliphatic heterocycles. The molecule has 0 amide bonds. The van der Waals surface area contributed by atoms with Crippen LogP contribution in [0.3, 0.4) is 0 Å². The van der Waals surface area contributed by atoms with Crippen LogP contribution < -0.4 is 15.0 Å². The van der Waals surface area contributed by atoms with E-state index in [-0.39, 0.29) is 36.9 Å². The van der Waals surface area contributed by atoms with Gasteiger partial charge >= 0.3 is 0 Å². The van der Waals surface area contributed by atoms with Crippen molar-refractivity contribution in [3.8, 4) is 11.5 Å². The van der Waals surface area contributed by atoms with Crippen molar-refractivity contribution < 1.29 is 28.1 Å². The average Bonchev–Trinajstić information content (AvgIpc) is 2.93. The first-order chi connectivity index (χ1) is 18.8. The number of rotatable bonds is 12. The number of likely N-dealkylation sites (N-methyl/N-ethyl adjacent to an activating group) is 1. The van der Waals surface area contributed by atoms with Crippen LogP contribution in [0.15, 0.2) is 65.5 Å². The minimum atomic E-state index is -0.884. The molecule has 4 rings (SSSR count). The number of nitrogens with zero attached hydrogens (tertiary/aromatic N) is 2. The predicted octanol–water partition coefficient (Wildman–Crippen LogP) is 4.21. The third kappa shape index (κ3) is 6.97. The quantitative estimate of drug-likeness (QED) is 0.279. The largest absolute Gasteiger partial charge is 0.493 e. The van der Waals surface area contributed by atoms with Gasteiger partial charge in [-0.15, -0.1) is 0 Å². The molecular formula is C29H31F2N3O5. The molecule has 0 aliphatic carbocycles. The van der Waals surface area contributed by atoms with E-state index in [0.717, 1.165) is 0 Å². The number of aromatic nitrogens is 2. The highest BCUT2D eigenvalue weighted by molar-refractivity contribution is 5.81. The zero-order valence-electron chi connectivity index (χ0n) is 22.0. The van der Waals surface area contributed by atoms with E-state index in [2.05, 4.69) is 9.97 Å². The van der Waals surface area contributed by atoms with Crippen molar-refractivity contribution in [2.24, 2.45) is 0 Å². The topological polar surface area (TPSA) is 96.9 Å². The fourth-order valence-corrected chi connectivity index (χ4v) is 4.32. The van der Waals surface area contributed by atoms with Crippen LogP contribution in [0.2, 0.25) is 0 Å². The number of ether oxygens (including phenoxy) is 3. The smallest absolute Gasteiger partial charge is 0.258 e. The zero-order valence-corrected chi connectivity index (χ0v) is 22.0. The predicted molar refractivity (Wildman–Crippen MR) is 143 cm³/mol. The Morgan fingerprint density at radius 2 is 1.51 bits per heavy atom. The van der Waals surface area contributed by atoms with Crippen molar-refractivity contribution in [2.45, 2.75) is 25.7 Å². The number of hydrogen-bond donors (Lipinski definition) is 2. The highest BCUT2D eigenvalue weighted by atomic mass is 19.1. The van der Waals surface area contributed by atoms with Gasteiger partial charge in [0.05, 0.1) is 44.4 Å². The number of hydrogen-bond acceptors (Lipinski definition) is 7. The van der Waals surface area contributed by atoms with E-state index in [4.69, 9.17) is 14.2 Å². The van der Waals surface area contributed by atoms with Crippen molar-refractivity contribution >= 4 is 10.9 Å². The molecule has 206 valence electrons. The third-order valence-corrected chi connectivity index (χ3v) is 6.35. The number of H-pyrrole nitrogens is 1. The van der Waals surface area contributed by atoms with Gasteiger partial charge < -0.3 is 24.3 Å². The summed E-state index contributed by atoms with van der Waals surface area (Å²) in [6, 6.07) is 14.9. The van der Waals surface area contributed by atoms with Crippen molar-refractivity contribution in [3.05, 3.63) is 99.6 Å². The molecule has 2 N–H and O–H groups in total. The van der Waals surface area contributed by atoms with Gasteiger partial charge in [-0.3, -0.25) is 9.69 Å². The summed E-state index contributed by atoms with van der Waals surface area (Å²) < 4.78 is 43.6. The number of benzene rings is 3. The van der Waals surface area contributed by atoms with Crippen LogP contribution in [0.4, 0.5) is 8.78 Å². The van der Waals surface area contributed by atoms with Crippen molar-refractivity contribution in [2.75, 3.05) is 33.9 Å². The first kappa shape index (κ1) is 28.2. The van der Waals surface area contributed by atoms with Crippen LogP contribution in [0.5, 0.6) is 11.5 Å². The minimum absolute atomic E-state index is 0.0332. The second-order valence-corrected chi connectivity index (χ2v) is 9.03. The molecule has 1 heterocycles. The highest BCUT2D eigenvalue weighted by Gasteiger charge is 2.20. The fraction of sp³-hybridized carbons (Fsp3) is 0.310. The molecule has 8 nitrogen and oxygen atoms in total. The summed E-state index contributed by atoms with van der Waals surface area (Å²) in [6.45, 7) is 3.00. The molecule has 0 saturated heterocycles. The van der Waals surface area contributed by atoms with Gasteiger partial charge in [0.15, 0.2) is 11.5 Å². The van der Waals surface area contributed by atoms with Crippen molar-refractivity contribution in [1.82, 2.24) is 14.9 Å². The minimum Gasteiger partial charge on any atom is -0.493 e. The van der Waals surface area contributed by atoms with E-state index in [1.54, 1.807) is 36.4 Å². The molecule has 39 heavy (non-hydrogen) atoms. The van der Waals surface area contributed by atoms with Gasteiger partial charge in [-0.2, -0.15) is 0 Å². The molecule has 0 radical (unpaired) electrons. The lowest BCUT2D eigenvalue weighted by Gasteiger charge is -2.25. The maximum atomic E-state index is 13.5. The lowest BCUT2D eigenvalue weighted by Crippen LogP contribution is -2.35. The van der Waals surface area contributed by atoms with E-state index < -0.39 is 12.2 Å². The first-order valence-corrected chi connectivity index (χ1v) is 12.5. The maximum Gasteiger partial charge on any atom is 0.258 e. The Bertz CT molecular complexity index is 1400. The van der Waals surface area contributed by atoms with Crippen LogP contribution in [0.1, 0.15) is 30.0 Å². The van der Waals surface area contributed by atoms with Gasteiger partial charge in [-0.25, -0.2) is 13.8 Å². The molecule has 0 fully saturated rings. The van der Waals surface area contributed by atoms with E-state index in [0.29, 0.717) is 45.9 Å². The summed E-state index contributed by atoms with van der Waals surface area (Å²) in [6.07, 6.45) is -1.51. The van der Waals surface area contributed by atoms with Gasteiger partial charge in [-0.1, -0.05) is 31.2 Å². The van der Waals surface area contributed by atoms with Gasteiger partial charge in [0, 0.05) is 12.6 Å². The SMILES string of the molecule is CCN(Cc1nc2cc(OC)c(OC)cc2c(=O)[nH]1)C[C@H](O)COC(c1ccc(F)cc1)c1ccc(F)cc1. The zero-order chi connectivity index (χ0) is 27.9. The molecule has 0 saturated carbocycles. The second kappa shape index (κ2) is 12.8. The Morgan fingerprint density at radius 3 is 2.05 bits per heavy atom. The van der Waals surface area contributed by atoms with Crippen molar-refractivity contribution in [1.29, 1.82) is 0 Å². The average molecular weight is 540 g/mol. The standard InChI is InChI=1S/C29H31F2N3O5/c1-4-34(16-27-32-24-14-26(38-3)25(37-2)13-23(24)29(36)33-27)15-22(35)17-39-28(18-5-9-20(30)10-6-18)19-7-11-21(31)12-8-19/h5-14,22,28,35H,4,15-17H2,1-3H3,(H,32,33,36)/t22-/m0/s1. The van der Waals surface area contributed by atoms with E-state index in [9.17, 15) is 18.7 Å². The molecule has 3 aromatic carbocycles. The molecule has 0 bridgehead atoms. The van der Waals surface area contributed by atoms with E-state index in [1.165, 1.54) is 38.5 Å². The fourth-order valence-electron chi connectivity index (χ4n) is 4.32.